The molecule has 0 bridgehead atoms. The van der Waals surface area contributed by atoms with Gasteiger partial charge < -0.3 is 10.6 Å². The minimum atomic E-state index is -0.199. The largest absolute Gasteiger partial charge is 0.354 e. The highest BCUT2D eigenvalue weighted by Gasteiger charge is 2.32. The predicted molar refractivity (Wildman–Crippen MR) is 58.3 cm³/mol. The average molecular weight is 212 g/mol. The maximum Gasteiger partial charge on any atom is 0.217 e. The SMILES string of the molecule is CC(=O)NCC1(NC(C)=O)CCCCC1. The Labute approximate surface area is 90.8 Å². The van der Waals surface area contributed by atoms with Gasteiger partial charge in [-0.3, -0.25) is 9.59 Å². The van der Waals surface area contributed by atoms with Crippen LogP contribution in [0.2, 0.25) is 0 Å². The van der Waals surface area contributed by atoms with E-state index in [4.69, 9.17) is 0 Å². The maximum absolute atomic E-state index is 11.1. The smallest absolute Gasteiger partial charge is 0.217 e. The summed E-state index contributed by atoms with van der Waals surface area (Å²) in [6, 6.07) is 0. The fraction of sp³-hybridized carbons (Fsp3) is 0.818. The lowest BCUT2D eigenvalue weighted by atomic mass is 9.81. The van der Waals surface area contributed by atoms with Crippen LogP contribution in [0, 0.1) is 0 Å². The lowest BCUT2D eigenvalue weighted by Gasteiger charge is -2.37. The van der Waals surface area contributed by atoms with Crippen LogP contribution in [0.5, 0.6) is 0 Å². The monoisotopic (exact) mass is 212 g/mol. The van der Waals surface area contributed by atoms with E-state index in [0.29, 0.717) is 6.54 Å². The third kappa shape index (κ3) is 3.90. The summed E-state index contributed by atoms with van der Waals surface area (Å²) in [7, 11) is 0. The van der Waals surface area contributed by atoms with Crippen LogP contribution >= 0.6 is 0 Å². The van der Waals surface area contributed by atoms with Gasteiger partial charge in [0.2, 0.25) is 11.8 Å². The van der Waals surface area contributed by atoms with Crippen molar-refractivity contribution in [2.24, 2.45) is 0 Å². The minimum absolute atomic E-state index is 0.0118. The van der Waals surface area contributed by atoms with Crippen LogP contribution in [0.3, 0.4) is 0 Å². The number of carbonyl (C=O) groups is 2. The summed E-state index contributed by atoms with van der Waals surface area (Å²) < 4.78 is 0. The summed E-state index contributed by atoms with van der Waals surface area (Å²) in [5.74, 6) is -0.0486. The molecule has 0 spiro atoms. The van der Waals surface area contributed by atoms with Gasteiger partial charge >= 0.3 is 0 Å². The average Bonchev–Trinajstić information content (AvgIpc) is 2.15. The lowest BCUT2D eigenvalue weighted by Crippen LogP contribution is -2.55. The lowest BCUT2D eigenvalue weighted by molar-refractivity contribution is -0.123. The Bertz CT molecular complexity index is 245. The molecule has 0 aromatic heterocycles. The third-order valence-electron chi connectivity index (χ3n) is 2.93. The molecule has 0 unspecified atom stereocenters. The van der Waals surface area contributed by atoms with Crippen molar-refractivity contribution in [1.29, 1.82) is 0 Å². The number of carbonyl (C=O) groups excluding carboxylic acids is 2. The molecule has 15 heavy (non-hydrogen) atoms. The van der Waals surface area contributed by atoms with Gasteiger partial charge in [-0.05, 0) is 12.8 Å². The molecule has 1 rings (SSSR count). The van der Waals surface area contributed by atoms with Crippen LogP contribution in [-0.4, -0.2) is 23.9 Å². The number of nitrogens with one attached hydrogen (secondary N) is 2. The number of hydrogen-bond donors (Lipinski definition) is 2. The van der Waals surface area contributed by atoms with Gasteiger partial charge in [0.05, 0.1) is 5.54 Å². The quantitative estimate of drug-likeness (QED) is 0.732. The molecular formula is C11H20N2O2. The van der Waals surface area contributed by atoms with Gasteiger partial charge in [-0.2, -0.15) is 0 Å². The second-order valence-corrected chi connectivity index (χ2v) is 4.43. The first-order valence-corrected chi connectivity index (χ1v) is 5.57. The van der Waals surface area contributed by atoms with Crippen molar-refractivity contribution in [3.63, 3.8) is 0 Å². The van der Waals surface area contributed by atoms with Crippen molar-refractivity contribution in [3.05, 3.63) is 0 Å². The van der Waals surface area contributed by atoms with E-state index in [2.05, 4.69) is 10.6 Å². The molecular weight excluding hydrogens is 192 g/mol. The molecule has 2 N–H and O–H groups in total. The molecule has 1 aliphatic rings. The molecule has 4 nitrogen and oxygen atoms in total. The van der Waals surface area contributed by atoms with Crippen LogP contribution in [-0.2, 0) is 9.59 Å². The van der Waals surface area contributed by atoms with Gasteiger partial charge in [0.1, 0.15) is 0 Å². The van der Waals surface area contributed by atoms with E-state index < -0.39 is 0 Å². The predicted octanol–water partition coefficient (Wildman–Crippen LogP) is 0.961. The van der Waals surface area contributed by atoms with Gasteiger partial charge in [-0.25, -0.2) is 0 Å². The summed E-state index contributed by atoms with van der Waals surface area (Å²) >= 11 is 0. The van der Waals surface area contributed by atoms with E-state index in [1.165, 1.54) is 20.3 Å². The van der Waals surface area contributed by atoms with Gasteiger partial charge in [-0.15, -0.1) is 0 Å². The zero-order valence-corrected chi connectivity index (χ0v) is 9.56. The summed E-state index contributed by atoms with van der Waals surface area (Å²) in [4.78, 5) is 22.0. The molecule has 0 saturated heterocycles. The maximum atomic E-state index is 11.1. The van der Waals surface area contributed by atoms with Crippen molar-refractivity contribution < 1.29 is 9.59 Å². The summed E-state index contributed by atoms with van der Waals surface area (Å²) in [5, 5.41) is 5.80. The van der Waals surface area contributed by atoms with Crippen LogP contribution in [0.4, 0.5) is 0 Å². The van der Waals surface area contributed by atoms with Crippen molar-refractivity contribution in [2.75, 3.05) is 6.54 Å². The van der Waals surface area contributed by atoms with Gasteiger partial charge in [-0.1, -0.05) is 19.3 Å². The first kappa shape index (κ1) is 12.0. The fourth-order valence-electron chi connectivity index (χ4n) is 2.24. The molecule has 0 atom stereocenters. The molecule has 0 aliphatic heterocycles. The summed E-state index contributed by atoms with van der Waals surface area (Å²) in [5.41, 5.74) is -0.199. The molecule has 0 radical (unpaired) electrons. The molecule has 86 valence electrons. The van der Waals surface area contributed by atoms with E-state index in [0.717, 1.165) is 25.7 Å². The van der Waals surface area contributed by atoms with Crippen LogP contribution in [0.15, 0.2) is 0 Å². The summed E-state index contributed by atoms with van der Waals surface area (Å²) in [6.45, 7) is 3.59. The normalized spacial score (nSPS) is 19.3. The van der Waals surface area contributed by atoms with E-state index in [-0.39, 0.29) is 17.4 Å². The van der Waals surface area contributed by atoms with Crippen molar-refractivity contribution >= 4 is 11.8 Å². The minimum Gasteiger partial charge on any atom is -0.354 e. The first-order valence-electron chi connectivity index (χ1n) is 5.57. The van der Waals surface area contributed by atoms with E-state index in [9.17, 15) is 9.59 Å². The molecule has 4 heteroatoms. The highest BCUT2D eigenvalue weighted by molar-refractivity contribution is 5.75. The molecule has 2 amide bonds. The van der Waals surface area contributed by atoms with E-state index in [1.54, 1.807) is 0 Å². The Kier molecular flexibility index (Phi) is 4.12. The van der Waals surface area contributed by atoms with Crippen molar-refractivity contribution in [1.82, 2.24) is 10.6 Å². The number of rotatable bonds is 3. The Morgan fingerprint density at radius 1 is 1.07 bits per heavy atom. The second-order valence-electron chi connectivity index (χ2n) is 4.43. The van der Waals surface area contributed by atoms with E-state index in [1.807, 2.05) is 0 Å². The fourth-order valence-corrected chi connectivity index (χ4v) is 2.24. The van der Waals surface area contributed by atoms with Gasteiger partial charge in [0, 0.05) is 20.4 Å². The van der Waals surface area contributed by atoms with Crippen molar-refractivity contribution in [2.45, 2.75) is 51.5 Å². The van der Waals surface area contributed by atoms with Gasteiger partial charge in [0.25, 0.3) is 0 Å². The van der Waals surface area contributed by atoms with Crippen LogP contribution in [0.1, 0.15) is 46.0 Å². The summed E-state index contributed by atoms with van der Waals surface area (Å²) in [6.07, 6.45) is 5.40. The Morgan fingerprint density at radius 3 is 2.13 bits per heavy atom. The molecule has 0 aromatic carbocycles. The zero-order chi connectivity index (χ0) is 11.3. The molecule has 1 aliphatic carbocycles. The Hall–Kier alpha value is -1.06. The molecule has 1 fully saturated rings. The molecule has 0 heterocycles. The van der Waals surface area contributed by atoms with Gasteiger partial charge in [0.15, 0.2) is 0 Å². The van der Waals surface area contributed by atoms with E-state index >= 15 is 0 Å². The Morgan fingerprint density at radius 2 is 1.67 bits per heavy atom. The number of amides is 2. The standard InChI is InChI=1S/C11H20N2O2/c1-9(14)12-8-11(13-10(2)15)6-4-3-5-7-11/h3-8H2,1-2H3,(H,12,14)(H,13,15). The highest BCUT2D eigenvalue weighted by Crippen LogP contribution is 2.27. The second kappa shape index (κ2) is 5.14. The number of hydrogen-bond acceptors (Lipinski definition) is 2. The highest BCUT2D eigenvalue weighted by atomic mass is 16.2. The zero-order valence-electron chi connectivity index (χ0n) is 9.56. The first-order chi connectivity index (χ1) is 7.04. The Balaban J connectivity index is 2.57. The van der Waals surface area contributed by atoms with Crippen LogP contribution < -0.4 is 10.6 Å². The van der Waals surface area contributed by atoms with Crippen molar-refractivity contribution in [3.8, 4) is 0 Å². The van der Waals surface area contributed by atoms with Crippen LogP contribution in [0.25, 0.3) is 0 Å². The molecule has 0 aromatic rings. The topological polar surface area (TPSA) is 58.2 Å². The molecule has 1 saturated carbocycles. The third-order valence-corrected chi connectivity index (χ3v) is 2.93.